The Morgan fingerprint density at radius 1 is 0.968 bits per heavy atom. The van der Waals surface area contributed by atoms with Crippen LogP contribution in [0.3, 0.4) is 0 Å². The van der Waals surface area contributed by atoms with Gasteiger partial charge in [-0.3, -0.25) is 4.79 Å². The highest BCUT2D eigenvalue weighted by Gasteiger charge is 2.20. The molecular weight excluding hydrogens is 423 g/mol. The third kappa shape index (κ3) is 5.33. The molecule has 31 heavy (non-hydrogen) atoms. The Bertz CT molecular complexity index is 1210. The van der Waals surface area contributed by atoms with Gasteiger partial charge in [0.2, 0.25) is 10.0 Å². The van der Waals surface area contributed by atoms with Crippen LogP contribution in [-0.4, -0.2) is 33.9 Å². The molecule has 0 saturated carbocycles. The molecule has 3 rings (SSSR count). The van der Waals surface area contributed by atoms with Crippen LogP contribution in [0, 0.1) is 5.82 Å². The van der Waals surface area contributed by atoms with Gasteiger partial charge >= 0.3 is 5.97 Å². The lowest BCUT2D eigenvalue weighted by Gasteiger charge is -2.12. The molecule has 0 aromatic heterocycles. The van der Waals surface area contributed by atoms with Crippen molar-refractivity contribution >= 4 is 27.6 Å². The van der Waals surface area contributed by atoms with Gasteiger partial charge in [-0.2, -0.15) is 0 Å². The Morgan fingerprint density at radius 2 is 1.65 bits per heavy atom. The first-order chi connectivity index (χ1) is 14.8. The number of sulfonamides is 1. The maximum absolute atomic E-state index is 14.0. The Labute approximate surface area is 178 Å². The summed E-state index contributed by atoms with van der Waals surface area (Å²) in [6.45, 7) is -0.676. The molecule has 0 radical (unpaired) electrons. The third-order valence-corrected chi connectivity index (χ3v) is 5.77. The second-order valence-electron chi connectivity index (χ2n) is 6.39. The van der Waals surface area contributed by atoms with Gasteiger partial charge in [0, 0.05) is 11.3 Å². The van der Waals surface area contributed by atoms with Gasteiger partial charge in [-0.25, -0.2) is 22.3 Å². The first kappa shape index (κ1) is 22.1. The zero-order valence-electron chi connectivity index (χ0n) is 16.5. The van der Waals surface area contributed by atoms with Crippen molar-refractivity contribution in [2.75, 3.05) is 19.0 Å². The fraction of sp³-hybridized carbons (Fsp3) is 0.0909. The topological polar surface area (TPSA) is 102 Å². The molecule has 0 unspecified atom stereocenters. The van der Waals surface area contributed by atoms with Crippen molar-refractivity contribution in [1.82, 2.24) is 4.72 Å². The fourth-order valence-corrected chi connectivity index (χ4v) is 3.56. The lowest BCUT2D eigenvalue weighted by molar-refractivity contribution is -0.119. The molecule has 0 atom stereocenters. The molecule has 0 heterocycles. The Morgan fingerprint density at radius 3 is 2.35 bits per heavy atom. The summed E-state index contributed by atoms with van der Waals surface area (Å²) < 4.78 is 44.7. The van der Waals surface area contributed by atoms with Crippen LogP contribution >= 0.6 is 0 Å². The molecule has 3 aromatic rings. The highest BCUT2D eigenvalue weighted by Crippen LogP contribution is 2.27. The van der Waals surface area contributed by atoms with E-state index in [0.29, 0.717) is 5.69 Å². The lowest BCUT2D eigenvalue weighted by Crippen LogP contribution is -2.22. The molecule has 3 aromatic carbocycles. The summed E-state index contributed by atoms with van der Waals surface area (Å²) in [5, 5.41) is 2.66. The standard InChI is InChI=1S/C22H19FN2O5S/c1-24-31(28,29)16-11-12-19(23)18(13-16)22(27)30-14-21(26)25-20-10-6-5-9-17(20)15-7-3-2-4-8-15/h2-13,24H,14H2,1H3,(H,25,26). The van der Waals surface area contributed by atoms with E-state index < -0.39 is 39.9 Å². The van der Waals surface area contributed by atoms with E-state index in [2.05, 4.69) is 10.0 Å². The maximum Gasteiger partial charge on any atom is 0.341 e. The molecule has 9 heteroatoms. The van der Waals surface area contributed by atoms with Crippen LogP contribution in [0.15, 0.2) is 77.7 Å². The van der Waals surface area contributed by atoms with Crippen molar-refractivity contribution in [2.24, 2.45) is 0 Å². The summed E-state index contributed by atoms with van der Waals surface area (Å²) >= 11 is 0. The van der Waals surface area contributed by atoms with Crippen molar-refractivity contribution in [3.8, 4) is 11.1 Å². The fourth-order valence-electron chi connectivity index (χ4n) is 2.80. The van der Waals surface area contributed by atoms with Gasteiger partial charge in [-0.05, 0) is 36.9 Å². The highest BCUT2D eigenvalue weighted by molar-refractivity contribution is 7.89. The summed E-state index contributed by atoms with van der Waals surface area (Å²) in [5.74, 6) is -2.75. The number of benzene rings is 3. The minimum absolute atomic E-state index is 0.301. The van der Waals surface area contributed by atoms with E-state index in [0.717, 1.165) is 29.3 Å². The van der Waals surface area contributed by atoms with E-state index in [1.807, 2.05) is 42.5 Å². The summed E-state index contributed by atoms with van der Waals surface area (Å²) in [4.78, 5) is 24.2. The van der Waals surface area contributed by atoms with Crippen molar-refractivity contribution in [3.63, 3.8) is 0 Å². The van der Waals surface area contributed by atoms with E-state index in [1.165, 1.54) is 7.05 Å². The predicted molar refractivity (Wildman–Crippen MR) is 113 cm³/mol. The van der Waals surface area contributed by atoms with E-state index in [1.54, 1.807) is 12.1 Å². The number of carbonyl (C=O) groups is 2. The van der Waals surface area contributed by atoms with Crippen LogP contribution in [0.4, 0.5) is 10.1 Å². The summed E-state index contributed by atoms with van der Waals surface area (Å²) in [6, 6.07) is 19.2. The first-order valence-electron chi connectivity index (χ1n) is 9.16. The Kier molecular flexibility index (Phi) is 6.78. The molecule has 0 saturated heterocycles. The Hall–Kier alpha value is -3.56. The predicted octanol–water partition coefficient (Wildman–Crippen LogP) is 3.20. The highest BCUT2D eigenvalue weighted by atomic mass is 32.2. The minimum atomic E-state index is -3.88. The van der Waals surface area contributed by atoms with Crippen molar-refractivity contribution < 1.29 is 27.1 Å². The molecule has 0 fully saturated rings. The number of esters is 1. The number of halogens is 1. The lowest BCUT2D eigenvalue weighted by atomic mass is 10.0. The zero-order valence-corrected chi connectivity index (χ0v) is 17.3. The molecule has 0 spiro atoms. The minimum Gasteiger partial charge on any atom is -0.452 e. The monoisotopic (exact) mass is 442 g/mol. The number of anilines is 1. The zero-order chi connectivity index (χ0) is 22.4. The maximum atomic E-state index is 14.0. The average molecular weight is 442 g/mol. The molecule has 0 bridgehead atoms. The third-order valence-electron chi connectivity index (χ3n) is 4.36. The van der Waals surface area contributed by atoms with Crippen molar-refractivity contribution in [3.05, 3.63) is 84.2 Å². The number of para-hydroxylation sites is 1. The molecule has 0 aliphatic heterocycles. The van der Waals surface area contributed by atoms with E-state index in [9.17, 15) is 22.4 Å². The normalized spacial score (nSPS) is 11.0. The molecule has 0 aliphatic rings. The first-order valence-corrected chi connectivity index (χ1v) is 10.6. The number of amides is 1. The quantitative estimate of drug-likeness (QED) is 0.547. The number of ether oxygens (including phenoxy) is 1. The number of hydrogen-bond acceptors (Lipinski definition) is 5. The van der Waals surface area contributed by atoms with Crippen molar-refractivity contribution in [1.29, 1.82) is 0 Å². The number of hydrogen-bond donors (Lipinski definition) is 2. The summed E-state index contributed by atoms with van der Waals surface area (Å²) in [7, 11) is -2.69. The molecular formula is C22H19FN2O5S. The van der Waals surface area contributed by atoms with Crippen LogP contribution in [0.1, 0.15) is 10.4 Å². The smallest absolute Gasteiger partial charge is 0.341 e. The second-order valence-corrected chi connectivity index (χ2v) is 8.27. The van der Waals surface area contributed by atoms with Gasteiger partial charge in [0.1, 0.15) is 5.82 Å². The van der Waals surface area contributed by atoms with Crippen LogP contribution in [-0.2, 0) is 19.6 Å². The Balaban J connectivity index is 1.70. The molecule has 0 aliphatic carbocycles. The van der Waals surface area contributed by atoms with Gasteiger partial charge in [0.25, 0.3) is 5.91 Å². The van der Waals surface area contributed by atoms with Crippen LogP contribution in [0.25, 0.3) is 11.1 Å². The van der Waals surface area contributed by atoms with E-state index in [4.69, 9.17) is 4.74 Å². The molecule has 1 amide bonds. The van der Waals surface area contributed by atoms with Crippen LogP contribution in [0.2, 0.25) is 0 Å². The SMILES string of the molecule is CNS(=O)(=O)c1ccc(F)c(C(=O)OCC(=O)Nc2ccccc2-c2ccccc2)c1. The van der Waals surface area contributed by atoms with Crippen molar-refractivity contribution in [2.45, 2.75) is 4.90 Å². The number of rotatable bonds is 7. The number of carbonyl (C=O) groups excluding carboxylic acids is 2. The molecule has 2 N–H and O–H groups in total. The van der Waals surface area contributed by atoms with E-state index in [-0.39, 0.29) is 4.90 Å². The van der Waals surface area contributed by atoms with Gasteiger partial charge in [-0.15, -0.1) is 0 Å². The van der Waals surface area contributed by atoms with Gasteiger partial charge in [0.05, 0.1) is 10.5 Å². The van der Waals surface area contributed by atoms with Crippen LogP contribution < -0.4 is 10.0 Å². The second kappa shape index (κ2) is 9.50. The largest absolute Gasteiger partial charge is 0.452 e. The van der Waals surface area contributed by atoms with Gasteiger partial charge < -0.3 is 10.1 Å². The van der Waals surface area contributed by atoms with Gasteiger partial charge in [0.15, 0.2) is 6.61 Å². The van der Waals surface area contributed by atoms with Crippen LogP contribution in [0.5, 0.6) is 0 Å². The average Bonchev–Trinajstić information content (AvgIpc) is 2.78. The molecule has 7 nitrogen and oxygen atoms in total. The molecule has 160 valence electrons. The van der Waals surface area contributed by atoms with E-state index >= 15 is 0 Å². The summed E-state index contributed by atoms with van der Waals surface area (Å²) in [6.07, 6.45) is 0. The van der Waals surface area contributed by atoms with Gasteiger partial charge in [-0.1, -0.05) is 48.5 Å². The summed E-state index contributed by atoms with van der Waals surface area (Å²) in [5.41, 5.74) is 1.59. The number of nitrogens with one attached hydrogen (secondary N) is 2.